The summed E-state index contributed by atoms with van der Waals surface area (Å²) in [6.45, 7) is 0. The maximum absolute atomic E-state index is 11.0. The lowest BCUT2D eigenvalue weighted by atomic mass is 9.97. The number of primary amides is 1. The van der Waals surface area contributed by atoms with E-state index >= 15 is 0 Å². The van der Waals surface area contributed by atoms with Gasteiger partial charge >= 0.3 is 0 Å². The number of hydrogen-bond donors (Lipinski definition) is 1. The van der Waals surface area contributed by atoms with Crippen LogP contribution in [0.25, 0.3) is 0 Å². The average molecular weight is 279 g/mol. The van der Waals surface area contributed by atoms with Gasteiger partial charge in [0.1, 0.15) is 0 Å². The Labute approximate surface area is 84.8 Å². The third-order valence-electron chi connectivity index (χ3n) is 1.78. The Morgan fingerprint density at radius 1 is 1.67 bits per heavy atom. The number of carbonyl (C=O) groups is 1. The number of nitrogens with two attached hydrogens (primary N) is 1. The standard InChI is InChI=1S/C8H10INO2/c1-12-8(9)5-3-2-4-6(8)7(10)11/h2-6H,1H3,(H2,10,11). The summed E-state index contributed by atoms with van der Waals surface area (Å²) in [4.78, 5) is 11.0. The van der Waals surface area contributed by atoms with Crippen LogP contribution < -0.4 is 5.73 Å². The van der Waals surface area contributed by atoms with Crippen molar-refractivity contribution in [2.45, 2.75) is 3.61 Å². The van der Waals surface area contributed by atoms with Crippen molar-refractivity contribution in [1.82, 2.24) is 0 Å². The summed E-state index contributed by atoms with van der Waals surface area (Å²) < 4.78 is 4.59. The van der Waals surface area contributed by atoms with Crippen LogP contribution in [0.3, 0.4) is 0 Å². The van der Waals surface area contributed by atoms with Gasteiger partial charge in [-0.1, -0.05) is 18.2 Å². The van der Waals surface area contributed by atoms with Crippen LogP contribution in [0.5, 0.6) is 0 Å². The van der Waals surface area contributed by atoms with Crippen molar-refractivity contribution in [1.29, 1.82) is 0 Å². The summed E-state index contributed by atoms with van der Waals surface area (Å²) >= 11 is 2.07. The van der Waals surface area contributed by atoms with E-state index in [9.17, 15) is 4.79 Å². The molecule has 0 aromatic rings. The molecular formula is C8H10INO2. The molecule has 66 valence electrons. The summed E-state index contributed by atoms with van der Waals surface area (Å²) in [5.41, 5.74) is 5.21. The van der Waals surface area contributed by atoms with Crippen molar-refractivity contribution >= 4 is 28.5 Å². The Morgan fingerprint density at radius 3 is 2.75 bits per heavy atom. The van der Waals surface area contributed by atoms with Gasteiger partial charge in [0.2, 0.25) is 5.91 Å². The maximum Gasteiger partial charge on any atom is 0.228 e. The quantitative estimate of drug-likeness (QED) is 0.605. The number of rotatable bonds is 2. The van der Waals surface area contributed by atoms with E-state index < -0.39 is 3.61 Å². The third-order valence-corrected chi connectivity index (χ3v) is 3.25. The van der Waals surface area contributed by atoms with Crippen molar-refractivity contribution in [3.8, 4) is 0 Å². The minimum Gasteiger partial charge on any atom is -0.369 e. The van der Waals surface area contributed by atoms with Crippen molar-refractivity contribution in [2.75, 3.05) is 7.11 Å². The van der Waals surface area contributed by atoms with Crippen LogP contribution in [0.15, 0.2) is 24.3 Å². The predicted octanol–water partition coefficient (Wildman–Crippen LogP) is 0.992. The first-order valence-corrected chi connectivity index (χ1v) is 4.57. The number of halogens is 1. The summed E-state index contributed by atoms with van der Waals surface area (Å²) in [7, 11) is 1.56. The molecule has 0 aliphatic heterocycles. The number of allylic oxidation sites excluding steroid dienone is 2. The molecule has 0 saturated heterocycles. The van der Waals surface area contributed by atoms with Crippen molar-refractivity contribution in [3.63, 3.8) is 0 Å². The monoisotopic (exact) mass is 279 g/mol. The van der Waals surface area contributed by atoms with Gasteiger partial charge in [-0.05, 0) is 28.7 Å². The van der Waals surface area contributed by atoms with Crippen LogP contribution in [0, 0.1) is 5.92 Å². The molecule has 4 heteroatoms. The van der Waals surface area contributed by atoms with E-state index in [2.05, 4.69) is 22.6 Å². The van der Waals surface area contributed by atoms with E-state index in [1.54, 1.807) is 19.3 Å². The molecule has 2 atom stereocenters. The van der Waals surface area contributed by atoms with Crippen molar-refractivity contribution < 1.29 is 9.53 Å². The molecule has 1 amide bonds. The first kappa shape index (κ1) is 9.73. The van der Waals surface area contributed by atoms with Crippen LogP contribution in [-0.4, -0.2) is 16.6 Å². The van der Waals surface area contributed by atoms with Gasteiger partial charge in [0.15, 0.2) is 3.61 Å². The van der Waals surface area contributed by atoms with Crippen LogP contribution in [0.2, 0.25) is 0 Å². The van der Waals surface area contributed by atoms with Gasteiger partial charge in [-0.25, -0.2) is 0 Å². The van der Waals surface area contributed by atoms with Crippen molar-refractivity contribution in [3.05, 3.63) is 24.3 Å². The molecule has 0 radical (unpaired) electrons. The summed E-state index contributed by atoms with van der Waals surface area (Å²) in [5.74, 6) is -0.750. The molecule has 0 bridgehead atoms. The second-order valence-electron chi connectivity index (χ2n) is 2.53. The van der Waals surface area contributed by atoms with Gasteiger partial charge in [-0.15, -0.1) is 0 Å². The zero-order chi connectivity index (χ0) is 9.19. The lowest BCUT2D eigenvalue weighted by molar-refractivity contribution is -0.123. The van der Waals surface area contributed by atoms with Gasteiger partial charge in [0.05, 0.1) is 5.92 Å². The fraction of sp³-hybridized carbons (Fsp3) is 0.375. The minimum absolute atomic E-state index is 0.369. The van der Waals surface area contributed by atoms with Gasteiger partial charge < -0.3 is 10.5 Å². The van der Waals surface area contributed by atoms with E-state index in [1.165, 1.54) is 0 Å². The third kappa shape index (κ3) is 1.69. The van der Waals surface area contributed by atoms with Gasteiger partial charge in [0.25, 0.3) is 0 Å². The molecule has 0 saturated carbocycles. The fourth-order valence-corrected chi connectivity index (χ4v) is 1.80. The summed E-state index contributed by atoms with van der Waals surface area (Å²) in [6.07, 6.45) is 7.21. The Kier molecular flexibility index (Phi) is 2.89. The van der Waals surface area contributed by atoms with Gasteiger partial charge in [-0.2, -0.15) is 0 Å². The number of hydrogen-bond acceptors (Lipinski definition) is 2. The van der Waals surface area contributed by atoms with Crippen LogP contribution in [0.1, 0.15) is 0 Å². The first-order chi connectivity index (χ1) is 5.60. The van der Waals surface area contributed by atoms with E-state index in [0.717, 1.165) is 0 Å². The van der Waals surface area contributed by atoms with E-state index in [-0.39, 0.29) is 11.8 Å². The Balaban J connectivity index is 2.92. The molecular weight excluding hydrogens is 269 g/mol. The lowest BCUT2D eigenvalue weighted by Gasteiger charge is -2.29. The Hall–Kier alpha value is -0.360. The maximum atomic E-state index is 11.0. The number of alkyl halides is 1. The SMILES string of the molecule is COC1(I)C=CC=CC1C(N)=O. The second-order valence-corrected chi connectivity index (χ2v) is 4.21. The first-order valence-electron chi connectivity index (χ1n) is 3.49. The highest BCUT2D eigenvalue weighted by atomic mass is 127. The molecule has 0 aromatic carbocycles. The zero-order valence-corrected chi connectivity index (χ0v) is 8.82. The molecule has 2 unspecified atom stereocenters. The molecule has 1 aliphatic carbocycles. The normalized spacial score (nSPS) is 33.7. The Morgan fingerprint density at radius 2 is 2.33 bits per heavy atom. The molecule has 0 fully saturated rings. The molecule has 0 spiro atoms. The van der Waals surface area contributed by atoms with E-state index in [1.807, 2.05) is 12.2 Å². The molecule has 12 heavy (non-hydrogen) atoms. The molecule has 1 rings (SSSR count). The Bertz CT molecular complexity index is 249. The fourth-order valence-electron chi connectivity index (χ4n) is 1.08. The van der Waals surface area contributed by atoms with Gasteiger partial charge in [-0.3, -0.25) is 4.79 Å². The van der Waals surface area contributed by atoms with Crippen molar-refractivity contribution in [2.24, 2.45) is 11.7 Å². The largest absolute Gasteiger partial charge is 0.369 e. The lowest BCUT2D eigenvalue weighted by Crippen LogP contribution is -2.40. The molecule has 0 heterocycles. The predicted molar refractivity (Wildman–Crippen MR) is 54.7 cm³/mol. The van der Waals surface area contributed by atoms with Crippen LogP contribution >= 0.6 is 22.6 Å². The summed E-state index contributed by atoms with van der Waals surface area (Å²) in [5, 5.41) is 0. The molecule has 3 nitrogen and oxygen atoms in total. The highest BCUT2D eigenvalue weighted by Crippen LogP contribution is 2.34. The topological polar surface area (TPSA) is 52.3 Å². The molecule has 2 N–H and O–H groups in total. The van der Waals surface area contributed by atoms with E-state index in [4.69, 9.17) is 10.5 Å². The van der Waals surface area contributed by atoms with Gasteiger partial charge in [0, 0.05) is 7.11 Å². The van der Waals surface area contributed by atoms with Crippen LogP contribution in [-0.2, 0) is 9.53 Å². The van der Waals surface area contributed by atoms with Crippen LogP contribution in [0.4, 0.5) is 0 Å². The zero-order valence-electron chi connectivity index (χ0n) is 6.66. The average Bonchev–Trinajstić information content (AvgIpc) is 2.05. The highest BCUT2D eigenvalue weighted by Gasteiger charge is 2.37. The minimum atomic E-state index is -0.613. The highest BCUT2D eigenvalue weighted by molar-refractivity contribution is 14.1. The number of amides is 1. The second kappa shape index (κ2) is 3.57. The number of methoxy groups -OCH3 is 1. The smallest absolute Gasteiger partial charge is 0.228 e. The number of carbonyl (C=O) groups excluding carboxylic acids is 1. The number of ether oxygens (including phenoxy) is 1. The molecule has 1 aliphatic rings. The summed E-state index contributed by atoms with van der Waals surface area (Å²) in [6, 6.07) is 0. The van der Waals surface area contributed by atoms with E-state index in [0.29, 0.717) is 0 Å². The molecule has 0 aromatic heterocycles.